The van der Waals surface area contributed by atoms with Crippen LogP contribution in [-0.4, -0.2) is 59.5 Å². The summed E-state index contributed by atoms with van der Waals surface area (Å²) in [5, 5.41) is 6.29. The first-order valence-electron chi connectivity index (χ1n) is 6.70. The van der Waals surface area contributed by atoms with E-state index in [-0.39, 0.29) is 24.0 Å². The van der Waals surface area contributed by atoms with Crippen LogP contribution in [0.1, 0.15) is 27.2 Å². The fourth-order valence-corrected chi connectivity index (χ4v) is 2.64. The van der Waals surface area contributed by atoms with Crippen LogP contribution in [0.3, 0.4) is 0 Å². The van der Waals surface area contributed by atoms with E-state index in [4.69, 9.17) is 4.74 Å². The third-order valence-electron chi connectivity index (χ3n) is 2.26. The van der Waals surface area contributed by atoms with E-state index in [1.54, 1.807) is 21.0 Å². The van der Waals surface area contributed by atoms with Crippen molar-refractivity contribution in [1.29, 1.82) is 0 Å². The summed E-state index contributed by atoms with van der Waals surface area (Å²) in [6, 6.07) is 0. The minimum atomic E-state index is -3.24. The van der Waals surface area contributed by atoms with Crippen molar-refractivity contribution in [2.24, 2.45) is 4.99 Å². The zero-order chi connectivity index (χ0) is 15.6. The van der Waals surface area contributed by atoms with E-state index in [0.29, 0.717) is 19.1 Å². The number of methoxy groups -OCH3 is 1. The smallest absolute Gasteiger partial charge is 0.209 e. The molecule has 21 heavy (non-hydrogen) atoms. The molecule has 0 saturated heterocycles. The molecule has 0 aromatic heterocycles. The average molecular weight is 436 g/mol. The Morgan fingerprint density at radius 3 is 2.38 bits per heavy atom. The minimum absolute atomic E-state index is 0. The zero-order valence-corrected chi connectivity index (χ0v) is 16.7. The van der Waals surface area contributed by atoms with E-state index in [2.05, 4.69) is 20.3 Å². The summed E-state index contributed by atoms with van der Waals surface area (Å²) in [5.74, 6) is 0.673. The zero-order valence-electron chi connectivity index (χ0n) is 13.5. The summed E-state index contributed by atoms with van der Waals surface area (Å²) >= 11 is 0. The standard InChI is InChI=1S/C12H28N4O3S.HI/c1-6-13-11(14-8-7-9-19-4)15-10-12(2,3)16-20(5,17)18;/h16H,6-10H2,1-5H3,(H2,13,14,15);1H. The Bertz CT molecular complexity index is 399. The van der Waals surface area contributed by atoms with Crippen LogP contribution in [0.5, 0.6) is 0 Å². The molecule has 0 fully saturated rings. The second-order valence-corrected chi connectivity index (χ2v) is 6.97. The molecule has 0 atom stereocenters. The fraction of sp³-hybridized carbons (Fsp3) is 0.917. The maximum atomic E-state index is 11.3. The van der Waals surface area contributed by atoms with Crippen molar-refractivity contribution in [2.45, 2.75) is 32.7 Å². The molecule has 0 rings (SSSR count). The second kappa shape index (κ2) is 11.4. The van der Waals surface area contributed by atoms with Gasteiger partial charge in [-0.15, -0.1) is 24.0 Å². The normalized spacial score (nSPS) is 12.7. The third-order valence-corrected chi connectivity index (χ3v) is 3.18. The van der Waals surface area contributed by atoms with Gasteiger partial charge in [0.15, 0.2) is 5.96 Å². The number of hydrogen-bond acceptors (Lipinski definition) is 4. The van der Waals surface area contributed by atoms with E-state index < -0.39 is 15.6 Å². The van der Waals surface area contributed by atoms with Gasteiger partial charge in [-0.25, -0.2) is 13.1 Å². The predicted octanol–water partition coefficient (Wildman–Crippen LogP) is 0.524. The van der Waals surface area contributed by atoms with E-state index in [1.807, 2.05) is 6.92 Å². The van der Waals surface area contributed by atoms with Gasteiger partial charge in [-0.3, -0.25) is 4.99 Å². The summed E-state index contributed by atoms with van der Waals surface area (Å²) in [6.07, 6.45) is 2.03. The number of guanidine groups is 1. The lowest BCUT2D eigenvalue weighted by Gasteiger charge is -2.23. The number of rotatable bonds is 9. The highest BCUT2D eigenvalue weighted by Crippen LogP contribution is 2.04. The van der Waals surface area contributed by atoms with Gasteiger partial charge in [0.1, 0.15) is 0 Å². The van der Waals surface area contributed by atoms with E-state index in [0.717, 1.165) is 25.8 Å². The summed E-state index contributed by atoms with van der Waals surface area (Å²) in [4.78, 5) is 4.39. The lowest BCUT2D eigenvalue weighted by molar-refractivity contribution is 0.195. The highest BCUT2D eigenvalue weighted by Gasteiger charge is 2.21. The molecule has 0 aromatic rings. The molecule has 0 aliphatic carbocycles. The van der Waals surface area contributed by atoms with Crippen LogP contribution in [0.2, 0.25) is 0 Å². The number of halogens is 1. The SMILES string of the molecule is CCNC(=NCC(C)(C)NS(C)(=O)=O)NCCCOC.I. The van der Waals surface area contributed by atoms with Gasteiger partial charge in [0.2, 0.25) is 10.0 Å². The van der Waals surface area contributed by atoms with Gasteiger partial charge >= 0.3 is 0 Å². The van der Waals surface area contributed by atoms with Gasteiger partial charge in [-0.2, -0.15) is 0 Å². The molecule has 0 aromatic carbocycles. The molecule has 0 spiro atoms. The molecule has 0 radical (unpaired) electrons. The quantitative estimate of drug-likeness (QED) is 0.212. The molecule has 9 heteroatoms. The number of ether oxygens (including phenoxy) is 1. The molecular weight excluding hydrogens is 407 g/mol. The Hall–Kier alpha value is -0.130. The number of hydrogen-bond donors (Lipinski definition) is 3. The van der Waals surface area contributed by atoms with Crippen molar-refractivity contribution in [3.63, 3.8) is 0 Å². The molecule has 0 saturated carbocycles. The topological polar surface area (TPSA) is 91.8 Å². The van der Waals surface area contributed by atoms with Gasteiger partial charge in [-0.1, -0.05) is 0 Å². The van der Waals surface area contributed by atoms with Crippen molar-refractivity contribution in [1.82, 2.24) is 15.4 Å². The number of sulfonamides is 1. The molecule has 7 nitrogen and oxygen atoms in total. The van der Waals surface area contributed by atoms with Crippen LogP contribution < -0.4 is 15.4 Å². The van der Waals surface area contributed by atoms with Crippen LogP contribution in [0.25, 0.3) is 0 Å². The Morgan fingerprint density at radius 1 is 1.29 bits per heavy atom. The molecule has 0 heterocycles. The average Bonchev–Trinajstić information content (AvgIpc) is 2.28. The van der Waals surface area contributed by atoms with Gasteiger partial charge in [0, 0.05) is 32.3 Å². The van der Waals surface area contributed by atoms with Crippen molar-refractivity contribution in [3.05, 3.63) is 0 Å². The van der Waals surface area contributed by atoms with Crippen LogP contribution in [0, 0.1) is 0 Å². The maximum Gasteiger partial charge on any atom is 0.209 e. The van der Waals surface area contributed by atoms with Crippen molar-refractivity contribution < 1.29 is 13.2 Å². The number of aliphatic imine (C=N–C) groups is 1. The highest BCUT2D eigenvalue weighted by molar-refractivity contribution is 14.0. The van der Waals surface area contributed by atoms with Gasteiger partial charge < -0.3 is 15.4 Å². The van der Waals surface area contributed by atoms with E-state index in [9.17, 15) is 8.42 Å². The Labute approximate surface area is 145 Å². The Kier molecular flexibility index (Phi) is 12.6. The molecule has 3 N–H and O–H groups in total. The Morgan fingerprint density at radius 2 is 1.90 bits per heavy atom. The first kappa shape index (κ1) is 23.1. The summed E-state index contributed by atoms with van der Waals surface area (Å²) < 4.78 is 30.0. The molecule has 0 aliphatic rings. The van der Waals surface area contributed by atoms with Crippen LogP contribution in [0.4, 0.5) is 0 Å². The minimum Gasteiger partial charge on any atom is -0.385 e. The fourth-order valence-electron chi connectivity index (χ4n) is 1.58. The molecule has 128 valence electrons. The Balaban J connectivity index is 0. The molecule has 0 amide bonds. The largest absolute Gasteiger partial charge is 0.385 e. The van der Waals surface area contributed by atoms with Crippen LogP contribution in [-0.2, 0) is 14.8 Å². The van der Waals surface area contributed by atoms with Crippen molar-refractivity contribution in [3.8, 4) is 0 Å². The van der Waals surface area contributed by atoms with Gasteiger partial charge in [0.25, 0.3) is 0 Å². The first-order valence-corrected chi connectivity index (χ1v) is 8.59. The van der Waals surface area contributed by atoms with E-state index in [1.165, 1.54) is 0 Å². The third kappa shape index (κ3) is 14.6. The second-order valence-electron chi connectivity index (χ2n) is 5.23. The first-order chi connectivity index (χ1) is 9.20. The van der Waals surface area contributed by atoms with Crippen molar-refractivity contribution >= 4 is 40.0 Å². The molecular formula is C12H29IN4O3S. The maximum absolute atomic E-state index is 11.3. The van der Waals surface area contributed by atoms with Crippen LogP contribution in [0.15, 0.2) is 4.99 Å². The number of nitrogens with one attached hydrogen (secondary N) is 3. The van der Waals surface area contributed by atoms with Gasteiger partial charge in [0.05, 0.1) is 12.8 Å². The molecule has 0 unspecified atom stereocenters. The summed E-state index contributed by atoms with van der Waals surface area (Å²) in [7, 11) is -1.58. The summed E-state index contributed by atoms with van der Waals surface area (Å²) in [5.41, 5.74) is -0.623. The number of nitrogens with zero attached hydrogens (tertiary/aromatic N) is 1. The van der Waals surface area contributed by atoms with Crippen molar-refractivity contribution in [2.75, 3.05) is 39.6 Å². The van der Waals surface area contributed by atoms with E-state index >= 15 is 0 Å². The lowest BCUT2D eigenvalue weighted by atomic mass is 10.1. The molecule has 0 aliphatic heterocycles. The predicted molar refractivity (Wildman–Crippen MR) is 97.9 cm³/mol. The summed E-state index contributed by atoms with van der Waals surface area (Å²) in [6.45, 7) is 8.10. The van der Waals surface area contributed by atoms with Crippen LogP contribution >= 0.6 is 24.0 Å². The van der Waals surface area contributed by atoms with Gasteiger partial charge in [-0.05, 0) is 27.2 Å². The monoisotopic (exact) mass is 436 g/mol. The lowest BCUT2D eigenvalue weighted by Crippen LogP contribution is -2.46. The highest BCUT2D eigenvalue weighted by atomic mass is 127. The molecule has 0 bridgehead atoms.